The Kier molecular flexibility index (Phi) is 8.89. The Labute approximate surface area is 257 Å². The number of para-hydroxylation sites is 1. The van der Waals surface area contributed by atoms with E-state index in [0.717, 1.165) is 20.3 Å². The standard InChI is InChI=1S/C34H30N4O7/c1-21-8-10-22(11-9-21)19-35-31(40)23-12-17-27-29(18-23)37(20-30(39)36-28-7-5-4-6-26(28)33(42)45-3)34(43)38(32(27)41)24-13-15-25(44-2)16-14-24/h4-18H,19-20H2,1-3H3,(H,35,40)(H,36,39). The molecule has 0 aliphatic heterocycles. The number of methoxy groups -OCH3 is 2. The first-order chi connectivity index (χ1) is 21.7. The largest absolute Gasteiger partial charge is 0.497 e. The molecule has 0 radical (unpaired) electrons. The number of anilines is 1. The number of aryl methyl sites for hydroxylation is 1. The number of rotatable bonds is 9. The second-order valence-corrected chi connectivity index (χ2v) is 10.2. The summed E-state index contributed by atoms with van der Waals surface area (Å²) in [5.41, 5.74) is 1.43. The molecule has 0 saturated heterocycles. The topological polar surface area (TPSA) is 138 Å². The van der Waals surface area contributed by atoms with Gasteiger partial charge in [-0.1, -0.05) is 42.0 Å². The molecule has 228 valence electrons. The summed E-state index contributed by atoms with van der Waals surface area (Å²) < 4.78 is 12.1. The van der Waals surface area contributed by atoms with Crippen LogP contribution in [0.1, 0.15) is 31.8 Å². The highest BCUT2D eigenvalue weighted by molar-refractivity contribution is 6.02. The second-order valence-electron chi connectivity index (χ2n) is 10.2. The molecule has 2 amide bonds. The smallest absolute Gasteiger partial charge is 0.339 e. The number of carbonyl (C=O) groups is 3. The molecule has 0 aliphatic carbocycles. The van der Waals surface area contributed by atoms with Crippen molar-refractivity contribution in [1.29, 1.82) is 0 Å². The molecule has 1 aromatic heterocycles. The predicted octanol–water partition coefficient (Wildman–Crippen LogP) is 3.82. The van der Waals surface area contributed by atoms with E-state index in [-0.39, 0.29) is 39.9 Å². The predicted molar refractivity (Wildman–Crippen MR) is 169 cm³/mol. The van der Waals surface area contributed by atoms with Gasteiger partial charge in [-0.25, -0.2) is 14.2 Å². The average Bonchev–Trinajstić information content (AvgIpc) is 3.06. The molecule has 45 heavy (non-hydrogen) atoms. The maximum Gasteiger partial charge on any atom is 0.339 e. The normalized spacial score (nSPS) is 10.7. The lowest BCUT2D eigenvalue weighted by Crippen LogP contribution is -2.41. The summed E-state index contributed by atoms with van der Waals surface area (Å²) in [6, 6.07) is 24.7. The van der Waals surface area contributed by atoms with E-state index in [4.69, 9.17) is 9.47 Å². The highest BCUT2D eigenvalue weighted by Gasteiger charge is 2.20. The summed E-state index contributed by atoms with van der Waals surface area (Å²) in [6.45, 7) is 1.71. The van der Waals surface area contributed by atoms with Crippen molar-refractivity contribution in [3.63, 3.8) is 0 Å². The lowest BCUT2D eigenvalue weighted by Gasteiger charge is -2.16. The third kappa shape index (κ3) is 6.52. The first-order valence-electron chi connectivity index (χ1n) is 13.9. The van der Waals surface area contributed by atoms with E-state index >= 15 is 0 Å². The van der Waals surface area contributed by atoms with Gasteiger partial charge in [-0.15, -0.1) is 0 Å². The van der Waals surface area contributed by atoms with Gasteiger partial charge in [0.05, 0.1) is 42.1 Å². The Balaban J connectivity index is 1.57. The van der Waals surface area contributed by atoms with Crippen LogP contribution in [0.25, 0.3) is 16.6 Å². The van der Waals surface area contributed by atoms with Gasteiger partial charge in [0.25, 0.3) is 11.5 Å². The molecule has 5 aromatic rings. The summed E-state index contributed by atoms with van der Waals surface area (Å²) in [4.78, 5) is 66.3. The number of hydrogen-bond acceptors (Lipinski definition) is 7. The van der Waals surface area contributed by atoms with Crippen LogP contribution in [0, 0.1) is 6.92 Å². The van der Waals surface area contributed by atoms with Crippen LogP contribution in [0.15, 0.2) is 101 Å². The molecule has 2 N–H and O–H groups in total. The quantitative estimate of drug-likeness (QED) is 0.243. The minimum atomic E-state index is -0.800. The molecule has 0 bridgehead atoms. The molecule has 5 rings (SSSR count). The molecule has 0 spiro atoms. The zero-order valence-electron chi connectivity index (χ0n) is 24.8. The van der Waals surface area contributed by atoms with Crippen molar-refractivity contribution in [2.24, 2.45) is 0 Å². The van der Waals surface area contributed by atoms with Crippen molar-refractivity contribution < 1.29 is 23.9 Å². The van der Waals surface area contributed by atoms with Crippen molar-refractivity contribution in [2.45, 2.75) is 20.0 Å². The number of nitrogens with zero attached hydrogens (tertiary/aromatic N) is 2. The van der Waals surface area contributed by atoms with E-state index in [1.165, 1.54) is 44.6 Å². The van der Waals surface area contributed by atoms with Crippen molar-refractivity contribution in [3.8, 4) is 11.4 Å². The van der Waals surface area contributed by atoms with E-state index in [1.807, 2.05) is 31.2 Å². The van der Waals surface area contributed by atoms with Gasteiger partial charge in [-0.05, 0) is 67.1 Å². The number of fused-ring (bicyclic) bond motifs is 1. The SMILES string of the molecule is COC(=O)c1ccccc1NC(=O)Cn1c(=O)n(-c2ccc(OC)cc2)c(=O)c2ccc(C(=O)NCc3ccc(C)cc3)cc21. The lowest BCUT2D eigenvalue weighted by atomic mass is 10.1. The number of ether oxygens (including phenoxy) is 2. The number of nitrogens with one attached hydrogen (secondary N) is 2. The molecule has 1 heterocycles. The Morgan fingerprint density at radius 3 is 2.24 bits per heavy atom. The van der Waals surface area contributed by atoms with Crippen LogP contribution in [-0.2, 0) is 22.6 Å². The Morgan fingerprint density at radius 1 is 0.844 bits per heavy atom. The Morgan fingerprint density at radius 2 is 1.56 bits per heavy atom. The second kappa shape index (κ2) is 13.1. The van der Waals surface area contributed by atoms with Gasteiger partial charge < -0.3 is 20.1 Å². The number of benzene rings is 4. The molecule has 0 unspecified atom stereocenters. The number of aromatic nitrogens is 2. The Bertz CT molecular complexity index is 2030. The number of esters is 1. The highest BCUT2D eigenvalue weighted by Crippen LogP contribution is 2.18. The Hall–Kier alpha value is -5.97. The summed E-state index contributed by atoms with van der Waals surface area (Å²) in [5, 5.41) is 5.61. The molecule has 4 aromatic carbocycles. The van der Waals surface area contributed by atoms with Crippen LogP contribution in [0.2, 0.25) is 0 Å². The van der Waals surface area contributed by atoms with Gasteiger partial charge in [-0.3, -0.25) is 19.0 Å². The van der Waals surface area contributed by atoms with Gasteiger partial charge in [0.2, 0.25) is 5.91 Å². The van der Waals surface area contributed by atoms with E-state index in [9.17, 15) is 24.0 Å². The fraction of sp³-hybridized carbons (Fsp3) is 0.147. The van der Waals surface area contributed by atoms with Gasteiger partial charge in [-0.2, -0.15) is 0 Å². The molecular weight excluding hydrogens is 576 g/mol. The first kappa shape index (κ1) is 30.5. The third-order valence-corrected chi connectivity index (χ3v) is 7.22. The number of carbonyl (C=O) groups excluding carboxylic acids is 3. The number of amides is 2. The van der Waals surface area contributed by atoms with Crippen molar-refractivity contribution in [1.82, 2.24) is 14.5 Å². The average molecular weight is 607 g/mol. The maximum absolute atomic E-state index is 13.9. The van der Waals surface area contributed by atoms with Crippen molar-refractivity contribution in [2.75, 3.05) is 19.5 Å². The molecular formula is C34H30N4O7. The van der Waals surface area contributed by atoms with Gasteiger partial charge >= 0.3 is 11.7 Å². The summed E-state index contributed by atoms with van der Waals surface area (Å²) in [5.74, 6) is -1.20. The summed E-state index contributed by atoms with van der Waals surface area (Å²) in [7, 11) is 2.72. The highest BCUT2D eigenvalue weighted by atomic mass is 16.5. The van der Waals surface area contributed by atoms with Crippen LogP contribution in [-0.4, -0.2) is 41.1 Å². The van der Waals surface area contributed by atoms with Crippen LogP contribution in [0.5, 0.6) is 5.75 Å². The van der Waals surface area contributed by atoms with Gasteiger partial charge in [0.1, 0.15) is 12.3 Å². The van der Waals surface area contributed by atoms with Gasteiger partial charge in [0, 0.05) is 12.1 Å². The van der Waals surface area contributed by atoms with Gasteiger partial charge in [0.15, 0.2) is 0 Å². The minimum Gasteiger partial charge on any atom is -0.497 e. The zero-order valence-corrected chi connectivity index (χ0v) is 24.8. The van der Waals surface area contributed by atoms with Crippen molar-refractivity contribution >= 4 is 34.4 Å². The molecule has 11 nitrogen and oxygen atoms in total. The van der Waals surface area contributed by atoms with Crippen LogP contribution in [0.4, 0.5) is 5.69 Å². The lowest BCUT2D eigenvalue weighted by molar-refractivity contribution is -0.116. The zero-order chi connectivity index (χ0) is 32.1. The minimum absolute atomic E-state index is 0.0918. The maximum atomic E-state index is 13.9. The van der Waals surface area contributed by atoms with E-state index in [2.05, 4.69) is 10.6 Å². The molecule has 0 saturated carbocycles. The fourth-order valence-electron chi connectivity index (χ4n) is 4.82. The molecule has 0 atom stereocenters. The monoisotopic (exact) mass is 606 g/mol. The summed E-state index contributed by atoms with van der Waals surface area (Å²) in [6.07, 6.45) is 0. The first-order valence-corrected chi connectivity index (χ1v) is 13.9. The molecule has 11 heteroatoms. The van der Waals surface area contributed by atoms with E-state index in [1.54, 1.807) is 36.4 Å². The van der Waals surface area contributed by atoms with Crippen LogP contribution >= 0.6 is 0 Å². The van der Waals surface area contributed by atoms with E-state index in [0.29, 0.717) is 5.75 Å². The summed E-state index contributed by atoms with van der Waals surface area (Å²) >= 11 is 0. The van der Waals surface area contributed by atoms with E-state index < -0.39 is 35.6 Å². The number of hydrogen-bond donors (Lipinski definition) is 2. The van der Waals surface area contributed by atoms with Crippen molar-refractivity contribution in [3.05, 3.63) is 134 Å². The third-order valence-electron chi connectivity index (χ3n) is 7.22. The fourth-order valence-corrected chi connectivity index (χ4v) is 4.82. The molecule has 0 fully saturated rings. The van der Waals surface area contributed by atoms with Crippen LogP contribution in [0.3, 0.4) is 0 Å². The molecule has 0 aliphatic rings. The van der Waals surface area contributed by atoms with Crippen LogP contribution < -0.4 is 26.6 Å².